The zero-order valence-corrected chi connectivity index (χ0v) is 13.7. The summed E-state index contributed by atoms with van der Waals surface area (Å²) in [6, 6.07) is 12.4. The van der Waals surface area contributed by atoms with Crippen molar-refractivity contribution in [2.45, 2.75) is 25.8 Å². The molecule has 3 aromatic rings. The van der Waals surface area contributed by atoms with Gasteiger partial charge in [0.15, 0.2) is 0 Å². The van der Waals surface area contributed by atoms with Crippen LogP contribution in [-0.2, 0) is 4.79 Å². The number of hydrogen-bond donors (Lipinski definition) is 1. The van der Waals surface area contributed by atoms with E-state index in [1.54, 1.807) is 11.3 Å². The number of carbonyl (C=O) groups excluding carboxylic acids is 1. The molecule has 3 nitrogen and oxygen atoms in total. The lowest BCUT2D eigenvalue weighted by Gasteiger charge is -2.27. The molecule has 3 rings (SSSR count). The van der Waals surface area contributed by atoms with E-state index in [2.05, 4.69) is 28.6 Å². The van der Waals surface area contributed by atoms with E-state index < -0.39 is 0 Å². The van der Waals surface area contributed by atoms with Crippen molar-refractivity contribution < 1.29 is 4.79 Å². The molecule has 0 bridgehead atoms. The fraction of sp³-hybridized carbons (Fsp3) is 0.278. The molecule has 0 aliphatic rings. The lowest BCUT2D eigenvalue weighted by Crippen LogP contribution is -2.31. The minimum absolute atomic E-state index is 0.0322. The largest absolute Gasteiger partial charge is 0.361 e. The predicted octanol–water partition coefficient (Wildman–Crippen LogP) is 4.58. The lowest BCUT2D eigenvalue weighted by molar-refractivity contribution is -0.131. The van der Waals surface area contributed by atoms with E-state index in [-0.39, 0.29) is 11.9 Å². The molecule has 4 heteroatoms. The van der Waals surface area contributed by atoms with E-state index in [1.807, 2.05) is 43.3 Å². The Labute approximate surface area is 134 Å². The van der Waals surface area contributed by atoms with Gasteiger partial charge < -0.3 is 9.88 Å². The van der Waals surface area contributed by atoms with Crippen molar-refractivity contribution in [3.8, 4) is 0 Å². The van der Waals surface area contributed by atoms with Gasteiger partial charge in [-0.25, -0.2) is 0 Å². The highest BCUT2D eigenvalue weighted by molar-refractivity contribution is 7.10. The minimum Gasteiger partial charge on any atom is -0.361 e. The minimum atomic E-state index is -0.0322. The summed E-state index contributed by atoms with van der Waals surface area (Å²) in [6.07, 6.45) is 3.49. The third-order valence-corrected chi connectivity index (χ3v) is 4.90. The summed E-state index contributed by atoms with van der Waals surface area (Å²) in [6.45, 7) is 2.04. The molecule has 0 saturated carbocycles. The molecule has 1 N–H and O–H groups in total. The van der Waals surface area contributed by atoms with Crippen LogP contribution in [0.2, 0.25) is 0 Å². The first-order valence-corrected chi connectivity index (χ1v) is 8.45. The number of aromatic nitrogens is 1. The van der Waals surface area contributed by atoms with Gasteiger partial charge in [0.2, 0.25) is 5.91 Å². The van der Waals surface area contributed by atoms with E-state index in [9.17, 15) is 4.79 Å². The maximum atomic E-state index is 12.4. The van der Waals surface area contributed by atoms with Crippen molar-refractivity contribution >= 4 is 28.1 Å². The number of carbonyl (C=O) groups is 1. The van der Waals surface area contributed by atoms with Crippen LogP contribution in [0.5, 0.6) is 0 Å². The first-order valence-electron chi connectivity index (χ1n) is 7.57. The van der Waals surface area contributed by atoms with Crippen LogP contribution in [0.4, 0.5) is 0 Å². The number of H-pyrrole nitrogens is 1. The van der Waals surface area contributed by atoms with Gasteiger partial charge in [-0.2, -0.15) is 0 Å². The Bertz CT molecular complexity index is 760. The third-order valence-electron chi connectivity index (χ3n) is 3.97. The first-order chi connectivity index (χ1) is 10.7. The molecule has 1 aromatic carbocycles. The molecule has 1 atom stereocenters. The van der Waals surface area contributed by atoms with Gasteiger partial charge >= 0.3 is 0 Å². The van der Waals surface area contributed by atoms with E-state index in [4.69, 9.17) is 0 Å². The standard InChI is InChI=1S/C18H20N2OS/c1-3-7-17(21)20(2)18(16-10-6-11-22-16)14-12-19-15-9-5-4-8-13(14)15/h4-6,8-12,18-19H,3,7H2,1-2H3/t18-/m1/s1. The van der Waals surface area contributed by atoms with Crippen LogP contribution >= 0.6 is 11.3 Å². The molecule has 0 saturated heterocycles. The number of para-hydroxylation sites is 1. The van der Waals surface area contributed by atoms with E-state index >= 15 is 0 Å². The average Bonchev–Trinajstić information content (AvgIpc) is 3.18. The molecule has 0 spiro atoms. The molecule has 2 heterocycles. The summed E-state index contributed by atoms with van der Waals surface area (Å²) in [5, 5.41) is 3.24. The van der Waals surface area contributed by atoms with Gasteiger partial charge in [-0.1, -0.05) is 31.2 Å². The fourth-order valence-electron chi connectivity index (χ4n) is 2.85. The SMILES string of the molecule is CCCC(=O)N(C)[C@@H](c1cccs1)c1c[nH]c2ccccc12. The fourth-order valence-corrected chi connectivity index (χ4v) is 3.74. The molecule has 22 heavy (non-hydrogen) atoms. The van der Waals surface area contributed by atoms with Crippen molar-refractivity contribution in [3.63, 3.8) is 0 Å². The number of hydrogen-bond acceptors (Lipinski definition) is 2. The Morgan fingerprint density at radius 2 is 2.09 bits per heavy atom. The summed E-state index contributed by atoms with van der Waals surface area (Å²) in [5.74, 6) is 0.186. The number of fused-ring (bicyclic) bond motifs is 1. The number of nitrogens with zero attached hydrogens (tertiary/aromatic N) is 1. The number of aromatic amines is 1. The quantitative estimate of drug-likeness (QED) is 0.735. The molecule has 0 unspecified atom stereocenters. The van der Waals surface area contributed by atoms with Crippen LogP contribution in [0, 0.1) is 0 Å². The Kier molecular flexibility index (Phi) is 4.29. The van der Waals surface area contributed by atoms with Gasteiger partial charge in [0.05, 0.1) is 6.04 Å². The molecular weight excluding hydrogens is 292 g/mol. The predicted molar refractivity (Wildman–Crippen MR) is 92.1 cm³/mol. The van der Waals surface area contributed by atoms with Gasteiger partial charge in [0, 0.05) is 41.0 Å². The van der Waals surface area contributed by atoms with Crippen LogP contribution in [-0.4, -0.2) is 22.8 Å². The van der Waals surface area contributed by atoms with Gasteiger partial charge in [0.1, 0.15) is 0 Å². The van der Waals surface area contributed by atoms with Crippen molar-refractivity contribution in [1.29, 1.82) is 0 Å². The second-order valence-corrected chi connectivity index (χ2v) is 6.44. The molecule has 114 valence electrons. The van der Waals surface area contributed by atoms with Gasteiger partial charge in [0.25, 0.3) is 0 Å². The lowest BCUT2D eigenvalue weighted by atomic mass is 10.0. The van der Waals surface area contributed by atoms with Crippen LogP contribution in [0.1, 0.15) is 36.2 Å². The summed E-state index contributed by atoms with van der Waals surface area (Å²) in [7, 11) is 1.91. The average molecular weight is 312 g/mol. The maximum absolute atomic E-state index is 12.4. The molecule has 0 radical (unpaired) electrons. The topological polar surface area (TPSA) is 36.1 Å². The number of rotatable bonds is 5. The second-order valence-electron chi connectivity index (χ2n) is 5.46. The summed E-state index contributed by atoms with van der Waals surface area (Å²) in [5.41, 5.74) is 2.26. The van der Waals surface area contributed by atoms with Crippen LogP contribution in [0.25, 0.3) is 10.9 Å². The van der Waals surface area contributed by atoms with Crippen LogP contribution in [0.15, 0.2) is 48.0 Å². The Morgan fingerprint density at radius 1 is 1.27 bits per heavy atom. The maximum Gasteiger partial charge on any atom is 0.223 e. The molecule has 1 amide bonds. The highest BCUT2D eigenvalue weighted by Gasteiger charge is 2.26. The Morgan fingerprint density at radius 3 is 2.82 bits per heavy atom. The number of benzene rings is 1. The van der Waals surface area contributed by atoms with E-state index in [0.717, 1.165) is 17.5 Å². The molecule has 0 aliphatic carbocycles. The van der Waals surface area contributed by atoms with Crippen molar-refractivity contribution in [2.75, 3.05) is 7.05 Å². The summed E-state index contributed by atoms with van der Waals surface area (Å²) < 4.78 is 0. The summed E-state index contributed by atoms with van der Waals surface area (Å²) in [4.78, 5) is 18.8. The second kappa shape index (κ2) is 6.36. The molecular formula is C18H20N2OS. The highest BCUT2D eigenvalue weighted by Crippen LogP contribution is 2.35. The zero-order chi connectivity index (χ0) is 15.5. The zero-order valence-electron chi connectivity index (χ0n) is 12.9. The summed E-state index contributed by atoms with van der Waals surface area (Å²) >= 11 is 1.69. The normalized spacial score (nSPS) is 12.5. The van der Waals surface area contributed by atoms with Crippen LogP contribution < -0.4 is 0 Å². The Balaban J connectivity index is 2.08. The number of thiophene rings is 1. The van der Waals surface area contributed by atoms with Crippen molar-refractivity contribution in [2.24, 2.45) is 0 Å². The molecule has 2 aromatic heterocycles. The number of nitrogens with one attached hydrogen (secondary N) is 1. The van der Waals surface area contributed by atoms with E-state index in [0.29, 0.717) is 6.42 Å². The molecule has 0 fully saturated rings. The van der Waals surface area contributed by atoms with Gasteiger partial charge in [-0.15, -0.1) is 11.3 Å². The number of amides is 1. The van der Waals surface area contributed by atoms with Crippen molar-refractivity contribution in [3.05, 3.63) is 58.4 Å². The van der Waals surface area contributed by atoms with Gasteiger partial charge in [-0.3, -0.25) is 4.79 Å². The van der Waals surface area contributed by atoms with E-state index in [1.165, 1.54) is 10.3 Å². The highest BCUT2D eigenvalue weighted by atomic mass is 32.1. The third kappa shape index (κ3) is 2.66. The monoisotopic (exact) mass is 312 g/mol. The van der Waals surface area contributed by atoms with Crippen LogP contribution in [0.3, 0.4) is 0 Å². The first kappa shape index (κ1) is 14.9. The van der Waals surface area contributed by atoms with Gasteiger partial charge in [-0.05, 0) is 23.9 Å². The van der Waals surface area contributed by atoms with Crippen molar-refractivity contribution in [1.82, 2.24) is 9.88 Å². The molecule has 0 aliphatic heterocycles. The Hall–Kier alpha value is -2.07. The smallest absolute Gasteiger partial charge is 0.223 e.